The molecule has 0 atom stereocenters. The molecule has 0 radical (unpaired) electrons. The van der Waals surface area contributed by atoms with Crippen LogP contribution in [0.25, 0.3) is 22.3 Å². The molecule has 140 valence electrons. The fourth-order valence-electron chi connectivity index (χ4n) is 3.43. The smallest absolute Gasteiger partial charge is 0.130 e. The number of ether oxygens (including phenoxy) is 2. The molecule has 1 aromatic carbocycles. The van der Waals surface area contributed by atoms with Crippen molar-refractivity contribution in [1.29, 1.82) is 0 Å². The van der Waals surface area contributed by atoms with Crippen molar-refractivity contribution >= 4 is 16.7 Å². The number of rotatable bonds is 5. The molecule has 1 saturated carbocycles. The maximum Gasteiger partial charge on any atom is 0.130 e. The van der Waals surface area contributed by atoms with Gasteiger partial charge in [0.25, 0.3) is 0 Å². The second-order valence-corrected chi connectivity index (χ2v) is 7.65. The summed E-state index contributed by atoms with van der Waals surface area (Å²) in [6.45, 7) is 3.73. The van der Waals surface area contributed by atoms with E-state index in [-0.39, 0.29) is 5.60 Å². The zero-order valence-corrected chi connectivity index (χ0v) is 15.4. The van der Waals surface area contributed by atoms with Crippen LogP contribution in [0.5, 0.6) is 5.75 Å². The number of benzene rings is 1. The number of aromatic nitrogens is 4. The van der Waals surface area contributed by atoms with E-state index < -0.39 is 0 Å². The zero-order chi connectivity index (χ0) is 18.3. The van der Waals surface area contributed by atoms with Gasteiger partial charge in [-0.1, -0.05) is 0 Å². The zero-order valence-electron chi connectivity index (χ0n) is 15.4. The molecule has 1 aliphatic carbocycles. The van der Waals surface area contributed by atoms with Gasteiger partial charge in [-0.3, -0.25) is 5.10 Å². The lowest BCUT2D eigenvalue weighted by atomic mass is 10.1. The third kappa shape index (κ3) is 3.47. The maximum atomic E-state index is 6.11. The van der Waals surface area contributed by atoms with Crippen LogP contribution in [-0.2, 0) is 4.74 Å². The summed E-state index contributed by atoms with van der Waals surface area (Å²) in [5.41, 5.74) is 2.57. The van der Waals surface area contributed by atoms with E-state index >= 15 is 0 Å². The summed E-state index contributed by atoms with van der Waals surface area (Å²) in [5, 5.41) is 12.1. The van der Waals surface area contributed by atoms with Crippen LogP contribution in [0.2, 0.25) is 0 Å². The van der Waals surface area contributed by atoms with Gasteiger partial charge in [0.1, 0.15) is 29.2 Å². The van der Waals surface area contributed by atoms with Gasteiger partial charge in [0.05, 0.1) is 11.2 Å². The summed E-state index contributed by atoms with van der Waals surface area (Å²) in [6.07, 6.45) is 5.78. The Labute approximate surface area is 157 Å². The van der Waals surface area contributed by atoms with Gasteiger partial charge in [-0.2, -0.15) is 5.10 Å². The average Bonchev–Trinajstić information content (AvgIpc) is 3.26. The normalized spacial score (nSPS) is 19.1. The predicted octanol–water partition coefficient (Wildman–Crippen LogP) is 3.54. The molecule has 0 amide bonds. The summed E-state index contributed by atoms with van der Waals surface area (Å²) < 4.78 is 11.5. The molecular weight excluding hydrogens is 342 g/mol. The Hall–Kier alpha value is -2.67. The topological polar surface area (TPSA) is 85.0 Å². The van der Waals surface area contributed by atoms with Crippen molar-refractivity contribution in [1.82, 2.24) is 20.2 Å². The molecule has 2 aromatic heterocycles. The molecule has 3 heterocycles. The van der Waals surface area contributed by atoms with Crippen LogP contribution >= 0.6 is 0 Å². The molecule has 1 aliphatic heterocycles. The van der Waals surface area contributed by atoms with Gasteiger partial charge in [0.15, 0.2) is 0 Å². The lowest BCUT2D eigenvalue weighted by molar-refractivity contribution is 0.0904. The number of nitrogens with zero attached hydrogens (tertiary/aromatic N) is 3. The minimum Gasteiger partial charge on any atom is -0.488 e. The molecule has 3 aromatic rings. The second-order valence-electron chi connectivity index (χ2n) is 7.65. The van der Waals surface area contributed by atoms with Crippen molar-refractivity contribution in [2.75, 3.05) is 18.5 Å². The first-order chi connectivity index (χ1) is 13.2. The van der Waals surface area contributed by atoms with Crippen molar-refractivity contribution in [2.45, 2.75) is 44.2 Å². The van der Waals surface area contributed by atoms with Crippen LogP contribution in [0.4, 0.5) is 5.82 Å². The van der Waals surface area contributed by atoms with Crippen LogP contribution in [0.1, 0.15) is 32.6 Å². The van der Waals surface area contributed by atoms with Gasteiger partial charge in [-0.15, -0.1) is 0 Å². The van der Waals surface area contributed by atoms with Gasteiger partial charge in [0, 0.05) is 30.7 Å². The highest BCUT2D eigenvalue weighted by Gasteiger charge is 2.40. The van der Waals surface area contributed by atoms with Crippen molar-refractivity contribution in [3.63, 3.8) is 0 Å². The van der Waals surface area contributed by atoms with Gasteiger partial charge in [0.2, 0.25) is 0 Å². The van der Waals surface area contributed by atoms with E-state index in [0.29, 0.717) is 6.04 Å². The van der Waals surface area contributed by atoms with E-state index in [0.717, 1.165) is 72.8 Å². The number of fused-ring (bicyclic) bond motifs is 1. The van der Waals surface area contributed by atoms with Gasteiger partial charge >= 0.3 is 0 Å². The van der Waals surface area contributed by atoms with E-state index in [9.17, 15) is 0 Å². The number of anilines is 1. The maximum absolute atomic E-state index is 6.11. The molecule has 0 spiro atoms. The quantitative estimate of drug-likeness (QED) is 0.719. The second kappa shape index (κ2) is 6.49. The number of hydrogen-bond acceptors (Lipinski definition) is 6. The van der Waals surface area contributed by atoms with Gasteiger partial charge in [-0.05, 0) is 50.8 Å². The molecule has 2 N–H and O–H groups in total. The third-order valence-electron chi connectivity index (χ3n) is 5.34. The van der Waals surface area contributed by atoms with Crippen molar-refractivity contribution in [3.8, 4) is 17.1 Å². The molecule has 2 fully saturated rings. The molecule has 1 saturated heterocycles. The fraction of sp³-hybridized carbons (Fsp3) is 0.450. The van der Waals surface area contributed by atoms with E-state index in [1.54, 1.807) is 6.33 Å². The Morgan fingerprint density at radius 3 is 2.85 bits per heavy atom. The van der Waals surface area contributed by atoms with Crippen molar-refractivity contribution < 1.29 is 9.47 Å². The fourth-order valence-corrected chi connectivity index (χ4v) is 3.43. The lowest BCUT2D eigenvalue weighted by Gasteiger charge is -2.23. The minimum absolute atomic E-state index is 0.00665. The standard InChI is InChI=1S/C20H23N5O2/c1-20(6-7-20)27-14-2-3-16-15(10-14)19(25-24-16)17-11-18(22-12-21-17)23-13-4-8-26-9-5-13/h2-3,10-13H,4-9H2,1H3,(H,24,25)(H,21,22,23). The Bertz CT molecular complexity index is 960. The van der Waals surface area contributed by atoms with Crippen LogP contribution in [-0.4, -0.2) is 45.0 Å². The molecule has 0 unspecified atom stereocenters. The van der Waals surface area contributed by atoms with Gasteiger partial charge in [-0.25, -0.2) is 9.97 Å². The molecule has 7 nitrogen and oxygen atoms in total. The summed E-state index contributed by atoms with van der Waals surface area (Å²) in [6, 6.07) is 8.39. The summed E-state index contributed by atoms with van der Waals surface area (Å²) >= 11 is 0. The lowest BCUT2D eigenvalue weighted by Crippen LogP contribution is -2.28. The third-order valence-corrected chi connectivity index (χ3v) is 5.34. The van der Waals surface area contributed by atoms with Gasteiger partial charge < -0.3 is 14.8 Å². The number of nitrogens with one attached hydrogen (secondary N) is 2. The van der Waals surface area contributed by atoms with E-state index in [1.807, 2.05) is 24.3 Å². The highest BCUT2D eigenvalue weighted by molar-refractivity contribution is 5.93. The van der Waals surface area contributed by atoms with Crippen LogP contribution in [0, 0.1) is 0 Å². The molecular formula is C20H23N5O2. The molecule has 5 rings (SSSR count). The number of aromatic amines is 1. The Kier molecular flexibility index (Phi) is 3.97. The molecule has 27 heavy (non-hydrogen) atoms. The van der Waals surface area contributed by atoms with E-state index in [4.69, 9.17) is 9.47 Å². The Balaban J connectivity index is 1.44. The van der Waals surface area contributed by atoms with E-state index in [1.165, 1.54) is 0 Å². The average molecular weight is 365 g/mol. The minimum atomic E-state index is -0.00665. The van der Waals surface area contributed by atoms with E-state index in [2.05, 4.69) is 32.4 Å². The van der Waals surface area contributed by atoms with Crippen molar-refractivity contribution in [3.05, 3.63) is 30.6 Å². The summed E-state index contributed by atoms with van der Waals surface area (Å²) in [4.78, 5) is 8.81. The Morgan fingerprint density at radius 1 is 1.19 bits per heavy atom. The van der Waals surface area contributed by atoms with Crippen LogP contribution in [0.3, 0.4) is 0 Å². The SMILES string of the molecule is CC1(Oc2ccc3[nH]nc(-c4cc(NC5CCOCC5)ncn4)c3c2)CC1. The Morgan fingerprint density at radius 2 is 2.04 bits per heavy atom. The molecule has 0 bridgehead atoms. The van der Waals surface area contributed by atoms with Crippen LogP contribution in [0.15, 0.2) is 30.6 Å². The summed E-state index contributed by atoms with van der Waals surface area (Å²) in [7, 11) is 0. The van der Waals surface area contributed by atoms with Crippen molar-refractivity contribution in [2.24, 2.45) is 0 Å². The molecule has 2 aliphatic rings. The highest BCUT2D eigenvalue weighted by Crippen LogP contribution is 2.40. The largest absolute Gasteiger partial charge is 0.488 e. The number of hydrogen-bond donors (Lipinski definition) is 2. The first-order valence-electron chi connectivity index (χ1n) is 9.52. The van der Waals surface area contributed by atoms with Crippen LogP contribution < -0.4 is 10.1 Å². The number of H-pyrrole nitrogens is 1. The monoisotopic (exact) mass is 365 g/mol. The first-order valence-corrected chi connectivity index (χ1v) is 9.52. The predicted molar refractivity (Wildman–Crippen MR) is 103 cm³/mol. The first kappa shape index (κ1) is 16.5. The molecule has 7 heteroatoms. The summed E-state index contributed by atoms with van der Waals surface area (Å²) in [5.74, 6) is 1.70. The highest BCUT2D eigenvalue weighted by atomic mass is 16.5.